The van der Waals surface area contributed by atoms with Crippen LogP contribution in [0.25, 0.3) is 0 Å². The maximum atomic E-state index is 12.1. The van der Waals surface area contributed by atoms with Gasteiger partial charge in [-0.2, -0.15) is 0 Å². The number of phosphoric ester groups is 1. The van der Waals surface area contributed by atoms with Gasteiger partial charge >= 0.3 is 13.8 Å². The summed E-state index contributed by atoms with van der Waals surface area (Å²) in [5, 5.41) is 12.7. The average molecular weight is 790 g/mol. The van der Waals surface area contributed by atoms with Crippen molar-refractivity contribution < 1.29 is 37.9 Å². The molecule has 0 fully saturated rings. The first-order chi connectivity index (χ1) is 26.8. The van der Waals surface area contributed by atoms with Crippen molar-refractivity contribution in [1.29, 1.82) is 0 Å². The molecule has 1 amide bonds. The molecular weight excluding hydrogens is 713 g/mol. The maximum Gasteiger partial charge on any atom is 0.472 e. The Bertz CT molecular complexity index is 1170. The Kier molecular flexibility index (Phi) is 38.8. The van der Waals surface area contributed by atoms with Gasteiger partial charge in [-0.05, 0) is 83.5 Å². The van der Waals surface area contributed by atoms with Gasteiger partial charge in [0.15, 0.2) is 0 Å². The Labute approximate surface area is 334 Å². The van der Waals surface area contributed by atoms with E-state index in [9.17, 15) is 24.2 Å². The summed E-state index contributed by atoms with van der Waals surface area (Å²) < 4.78 is 26.8. The topological polar surface area (TPSA) is 131 Å². The smallest absolute Gasteiger partial charge is 0.463 e. The van der Waals surface area contributed by atoms with E-state index in [-0.39, 0.29) is 32.1 Å². The third kappa shape index (κ3) is 42.2. The van der Waals surface area contributed by atoms with E-state index >= 15 is 0 Å². The highest BCUT2D eigenvalue weighted by atomic mass is 31.2. The van der Waals surface area contributed by atoms with Crippen molar-refractivity contribution >= 4 is 19.7 Å². The fraction of sp³-hybridized carbons (Fsp3) is 0.644. The van der Waals surface area contributed by atoms with E-state index in [4.69, 9.17) is 13.8 Å². The first kappa shape index (κ1) is 52.2. The van der Waals surface area contributed by atoms with Gasteiger partial charge in [0.1, 0.15) is 12.7 Å². The SMILES string of the molecule is CC/C=C\C/C=C\C/C=C\C/C=C\C/C=C\CCCCCCCC(=O)OCC(O)COP(=O)(O)OCCNC(=O)CCCCCCC/C=C\C/C=C\CCC. The number of carbonyl (C=O) groups is 2. The van der Waals surface area contributed by atoms with Crippen LogP contribution in [0.4, 0.5) is 0 Å². The van der Waals surface area contributed by atoms with Crippen LogP contribution in [0.1, 0.15) is 155 Å². The van der Waals surface area contributed by atoms with Crippen LogP contribution in [0.5, 0.6) is 0 Å². The number of nitrogens with one attached hydrogen (secondary N) is 1. The second-order valence-electron chi connectivity index (χ2n) is 13.6. The summed E-state index contributed by atoms with van der Waals surface area (Å²) in [6, 6.07) is 0. The fourth-order valence-electron chi connectivity index (χ4n) is 5.15. The Balaban J connectivity index is 3.69. The molecule has 0 aromatic rings. The molecule has 0 radical (unpaired) electrons. The number of aliphatic hydroxyl groups excluding tert-OH is 1. The lowest BCUT2D eigenvalue weighted by atomic mass is 10.1. The molecule has 2 unspecified atom stereocenters. The minimum atomic E-state index is -4.43. The number of phosphoric acid groups is 1. The lowest BCUT2D eigenvalue weighted by Gasteiger charge is -2.15. The lowest BCUT2D eigenvalue weighted by molar-refractivity contribution is -0.147. The fourth-order valence-corrected chi connectivity index (χ4v) is 5.91. The Morgan fingerprint density at radius 2 is 1.04 bits per heavy atom. The standard InChI is InChI=1S/C45H76NO8P/c1-3-5-7-9-11-13-15-17-18-19-20-21-22-23-24-26-28-30-32-34-36-38-45(49)52-41-43(47)42-54-55(50,51)53-40-39-46-44(48)37-35-33-31-29-27-25-16-14-12-10-8-6-4-2/h5,7-8,10-11,13-14,16-18,20-21,23-24,43,47H,3-4,6,9,12,15,19,22,25-42H2,1-2H3,(H,46,48)(H,50,51)/b7-5-,10-8-,13-11-,16-14-,18-17-,21-20-,24-23-. The number of ether oxygens (including phenoxy) is 1. The Morgan fingerprint density at radius 1 is 0.582 bits per heavy atom. The van der Waals surface area contributed by atoms with Gasteiger partial charge in [0, 0.05) is 19.4 Å². The second-order valence-corrected chi connectivity index (χ2v) is 15.0. The van der Waals surface area contributed by atoms with Crippen molar-refractivity contribution in [2.45, 2.75) is 161 Å². The van der Waals surface area contributed by atoms with E-state index in [2.05, 4.69) is 104 Å². The van der Waals surface area contributed by atoms with E-state index < -0.39 is 26.5 Å². The zero-order valence-electron chi connectivity index (χ0n) is 34.3. The van der Waals surface area contributed by atoms with Crippen molar-refractivity contribution in [3.05, 3.63) is 85.1 Å². The number of rotatable bonds is 38. The third-order valence-corrected chi connectivity index (χ3v) is 9.27. The summed E-state index contributed by atoms with van der Waals surface area (Å²) >= 11 is 0. The van der Waals surface area contributed by atoms with E-state index in [1.165, 1.54) is 6.42 Å². The molecule has 3 N–H and O–H groups in total. The summed E-state index contributed by atoms with van der Waals surface area (Å²) in [5.74, 6) is -0.558. The summed E-state index contributed by atoms with van der Waals surface area (Å²) in [5.41, 5.74) is 0. The number of hydrogen-bond acceptors (Lipinski definition) is 7. The molecule has 55 heavy (non-hydrogen) atoms. The first-order valence-corrected chi connectivity index (χ1v) is 22.6. The van der Waals surface area contributed by atoms with Crippen molar-refractivity contribution in [2.75, 3.05) is 26.4 Å². The van der Waals surface area contributed by atoms with Gasteiger partial charge in [-0.1, -0.05) is 144 Å². The van der Waals surface area contributed by atoms with Crippen LogP contribution in [0.2, 0.25) is 0 Å². The average Bonchev–Trinajstić information content (AvgIpc) is 3.17. The number of esters is 1. The highest BCUT2D eigenvalue weighted by molar-refractivity contribution is 7.47. The van der Waals surface area contributed by atoms with E-state index in [1.807, 2.05) is 0 Å². The summed E-state index contributed by atoms with van der Waals surface area (Å²) in [4.78, 5) is 33.9. The van der Waals surface area contributed by atoms with Gasteiger partial charge in [-0.25, -0.2) is 4.57 Å². The van der Waals surface area contributed by atoms with Crippen LogP contribution < -0.4 is 5.32 Å². The van der Waals surface area contributed by atoms with Gasteiger partial charge in [-0.3, -0.25) is 18.6 Å². The largest absolute Gasteiger partial charge is 0.472 e. The van der Waals surface area contributed by atoms with Gasteiger partial charge in [0.05, 0.1) is 13.2 Å². The van der Waals surface area contributed by atoms with Gasteiger partial charge in [0.25, 0.3) is 0 Å². The Hall–Kier alpha value is -2.81. The molecule has 0 aliphatic heterocycles. The van der Waals surface area contributed by atoms with E-state index in [0.717, 1.165) is 116 Å². The molecule has 10 heteroatoms. The first-order valence-electron chi connectivity index (χ1n) is 21.1. The minimum absolute atomic E-state index is 0.0666. The zero-order valence-corrected chi connectivity index (χ0v) is 35.2. The van der Waals surface area contributed by atoms with Crippen molar-refractivity contribution in [3.63, 3.8) is 0 Å². The third-order valence-electron chi connectivity index (χ3n) is 8.29. The molecule has 0 bridgehead atoms. The van der Waals surface area contributed by atoms with Gasteiger partial charge in [-0.15, -0.1) is 0 Å². The molecule has 0 aromatic carbocycles. The van der Waals surface area contributed by atoms with Crippen LogP contribution in [0, 0.1) is 0 Å². The monoisotopic (exact) mass is 790 g/mol. The lowest BCUT2D eigenvalue weighted by Crippen LogP contribution is -2.27. The summed E-state index contributed by atoms with van der Waals surface area (Å²) in [6.45, 7) is 3.31. The minimum Gasteiger partial charge on any atom is -0.463 e. The van der Waals surface area contributed by atoms with E-state index in [0.29, 0.717) is 12.8 Å². The van der Waals surface area contributed by atoms with Crippen LogP contribution >= 0.6 is 7.82 Å². The molecule has 0 aliphatic carbocycles. The maximum absolute atomic E-state index is 12.1. The van der Waals surface area contributed by atoms with Crippen LogP contribution in [-0.2, 0) is 27.9 Å². The summed E-state index contributed by atoms with van der Waals surface area (Å²) in [6.07, 6.45) is 50.8. The van der Waals surface area contributed by atoms with Gasteiger partial charge < -0.3 is 20.1 Å². The van der Waals surface area contributed by atoms with Crippen LogP contribution in [-0.4, -0.2) is 54.3 Å². The number of hydrogen-bond donors (Lipinski definition) is 3. The molecule has 0 aromatic heterocycles. The molecule has 0 rings (SSSR count). The predicted molar refractivity (Wildman–Crippen MR) is 229 cm³/mol. The second kappa shape index (κ2) is 40.8. The zero-order chi connectivity index (χ0) is 40.3. The van der Waals surface area contributed by atoms with Crippen molar-refractivity contribution in [3.8, 4) is 0 Å². The molecule has 0 heterocycles. The number of aliphatic hydroxyl groups is 1. The number of carbonyl (C=O) groups excluding carboxylic acids is 2. The Morgan fingerprint density at radius 3 is 1.56 bits per heavy atom. The van der Waals surface area contributed by atoms with Crippen molar-refractivity contribution in [2.24, 2.45) is 0 Å². The number of unbranched alkanes of at least 4 members (excludes halogenated alkanes) is 11. The molecule has 314 valence electrons. The predicted octanol–water partition coefficient (Wildman–Crippen LogP) is 11.7. The van der Waals surface area contributed by atoms with Crippen LogP contribution in [0.3, 0.4) is 0 Å². The molecule has 2 atom stereocenters. The van der Waals surface area contributed by atoms with Crippen LogP contribution in [0.15, 0.2) is 85.1 Å². The quantitative estimate of drug-likeness (QED) is 0.0244. The molecule has 0 spiro atoms. The van der Waals surface area contributed by atoms with Crippen molar-refractivity contribution in [1.82, 2.24) is 5.32 Å². The summed E-state index contributed by atoms with van der Waals surface area (Å²) in [7, 11) is -4.43. The molecule has 0 saturated heterocycles. The number of amides is 1. The van der Waals surface area contributed by atoms with E-state index in [1.54, 1.807) is 0 Å². The molecule has 0 saturated carbocycles. The highest BCUT2D eigenvalue weighted by Crippen LogP contribution is 2.42. The normalized spacial score (nSPS) is 14.2. The van der Waals surface area contributed by atoms with Gasteiger partial charge in [0.2, 0.25) is 5.91 Å². The molecular formula is C45H76NO8P. The molecule has 0 aliphatic rings. The highest BCUT2D eigenvalue weighted by Gasteiger charge is 2.23. The number of allylic oxidation sites excluding steroid dienone is 14. The molecule has 9 nitrogen and oxygen atoms in total.